The molecule has 0 spiro atoms. The van der Waals surface area contributed by atoms with Crippen LogP contribution in [0.2, 0.25) is 0 Å². The van der Waals surface area contributed by atoms with Gasteiger partial charge in [-0.1, -0.05) is 30.3 Å². The molecule has 1 aliphatic heterocycles. The average molecular weight is 429 g/mol. The zero-order valence-corrected chi connectivity index (χ0v) is 18.0. The van der Waals surface area contributed by atoms with Gasteiger partial charge in [0.05, 0.1) is 30.2 Å². The van der Waals surface area contributed by atoms with E-state index in [1.165, 1.54) is 6.26 Å². The molecule has 3 aromatic rings. The molecular weight excluding hydrogens is 400 g/mol. The Hall–Kier alpha value is -2.35. The van der Waals surface area contributed by atoms with Gasteiger partial charge in [-0.25, -0.2) is 8.42 Å². The minimum atomic E-state index is -3.02. The van der Waals surface area contributed by atoms with Crippen molar-refractivity contribution in [2.45, 2.75) is 25.5 Å². The molecule has 1 saturated heterocycles. The highest BCUT2D eigenvalue weighted by molar-refractivity contribution is 7.90. The first-order valence-corrected chi connectivity index (χ1v) is 12.3. The molecule has 0 unspecified atom stereocenters. The third-order valence-electron chi connectivity index (χ3n) is 5.32. The highest BCUT2D eigenvalue weighted by Gasteiger charge is 2.16. The normalized spacial score (nSPS) is 15.5. The second-order valence-electron chi connectivity index (χ2n) is 7.87. The van der Waals surface area contributed by atoms with E-state index in [1.807, 2.05) is 18.2 Å². The molecule has 0 radical (unpaired) electrons. The third kappa shape index (κ3) is 5.41. The van der Waals surface area contributed by atoms with Crippen molar-refractivity contribution < 1.29 is 17.9 Å². The summed E-state index contributed by atoms with van der Waals surface area (Å²) in [5, 5.41) is 4.79. The summed E-state index contributed by atoms with van der Waals surface area (Å²) in [6.07, 6.45) is 3.18. The number of H-pyrrole nitrogens is 1. The van der Waals surface area contributed by atoms with Gasteiger partial charge in [0.2, 0.25) is 0 Å². The number of benzene rings is 2. The molecule has 0 saturated carbocycles. The smallest absolute Gasteiger partial charge is 0.149 e. The summed E-state index contributed by atoms with van der Waals surface area (Å²) in [5.41, 5.74) is 5.33. The number of rotatable bonds is 8. The highest BCUT2D eigenvalue weighted by Crippen LogP contribution is 2.31. The molecule has 1 aromatic heterocycles. The van der Waals surface area contributed by atoms with Crippen molar-refractivity contribution in [3.05, 3.63) is 54.1 Å². The fraction of sp³-hybridized carbons (Fsp3) is 0.391. The first kappa shape index (κ1) is 20.9. The second kappa shape index (κ2) is 9.20. The summed E-state index contributed by atoms with van der Waals surface area (Å²) in [4.78, 5) is 3.57. The van der Waals surface area contributed by atoms with Gasteiger partial charge in [-0.3, -0.25) is 0 Å². The Morgan fingerprint density at radius 1 is 1.13 bits per heavy atom. The standard InChI is InChI=1S/C23H28N2O4S/c1-30(26,27)12-11-29-16-17-13-19-15-21(18-5-3-2-4-6-18)25-23(19)22(14-17)24-20-7-9-28-10-8-20/h2-6,13-15,20,24-25H,7-12,16H2,1H3. The Morgan fingerprint density at radius 2 is 1.90 bits per heavy atom. The van der Waals surface area contributed by atoms with Crippen LogP contribution in [0.25, 0.3) is 22.2 Å². The van der Waals surface area contributed by atoms with Crippen molar-refractivity contribution in [2.24, 2.45) is 0 Å². The summed E-state index contributed by atoms with van der Waals surface area (Å²) in [5.74, 6) is 0.0325. The summed E-state index contributed by atoms with van der Waals surface area (Å²) in [6.45, 7) is 2.12. The zero-order valence-electron chi connectivity index (χ0n) is 17.2. The van der Waals surface area contributed by atoms with Gasteiger partial charge in [-0.2, -0.15) is 0 Å². The van der Waals surface area contributed by atoms with Crippen LogP contribution < -0.4 is 5.32 Å². The average Bonchev–Trinajstić information content (AvgIpc) is 3.17. The molecule has 7 heteroatoms. The van der Waals surface area contributed by atoms with Gasteiger partial charge in [-0.15, -0.1) is 0 Å². The second-order valence-corrected chi connectivity index (χ2v) is 10.1. The first-order chi connectivity index (χ1) is 14.5. The summed E-state index contributed by atoms with van der Waals surface area (Å²) < 4.78 is 33.8. The van der Waals surface area contributed by atoms with Gasteiger partial charge in [0.25, 0.3) is 0 Å². The van der Waals surface area contributed by atoms with Gasteiger partial charge in [0.1, 0.15) is 9.84 Å². The van der Waals surface area contributed by atoms with Crippen LogP contribution in [0.4, 0.5) is 5.69 Å². The van der Waals surface area contributed by atoms with E-state index in [2.05, 4.69) is 40.6 Å². The number of anilines is 1. The molecule has 2 heterocycles. The van der Waals surface area contributed by atoms with E-state index in [9.17, 15) is 8.42 Å². The van der Waals surface area contributed by atoms with Gasteiger partial charge >= 0.3 is 0 Å². The molecule has 30 heavy (non-hydrogen) atoms. The lowest BCUT2D eigenvalue weighted by atomic mass is 10.1. The van der Waals surface area contributed by atoms with Crippen molar-refractivity contribution in [1.82, 2.24) is 4.98 Å². The maximum Gasteiger partial charge on any atom is 0.149 e. The molecule has 6 nitrogen and oxygen atoms in total. The lowest BCUT2D eigenvalue weighted by Gasteiger charge is -2.24. The van der Waals surface area contributed by atoms with E-state index in [-0.39, 0.29) is 12.4 Å². The molecule has 1 aliphatic rings. The maximum atomic E-state index is 11.3. The van der Waals surface area contributed by atoms with Crippen LogP contribution in [0, 0.1) is 0 Å². The van der Waals surface area contributed by atoms with E-state index in [0.717, 1.165) is 59.5 Å². The predicted octanol–water partition coefficient (Wildman–Crippen LogP) is 3.99. The molecule has 0 amide bonds. The van der Waals surface area contributed by atoms with Crippen molar-refractivity contribution >= 4 is 26.4 Å². The number of hydrogen-bond donors (Lipinski definition) is 2. The quantitative estimate of drug-likeness (QED) is 0.531. The van der Waals surface area contributed by atoms with Crippen LogP contribution in [0.15, 0.2) is 48.5 Å². The predicted molar refractivity (Wildman–Crippen MR) is 121 cm³/mol. The number of hydrogen-bond acceptors (Lipinski definition) is 5. The third-order valence-corrected chi connectivity index (χ3v) is 6.23. The van der Waals surface area contributed by atoms with Gasteiger partial charge < -0.3 is 19.8 Å². The van der Waals surface area contributed by atoms with E-state index in [1.54, 1.807) is 0 Å². The van der Waals surface area contributed by atoms with E-state index >= 15 is 0 Å². The van der Waals surface area contributed by atoms with Gasteiger partial charge in [-0.05, 0) is 42.2 Å². The fourth-order valence-corrected chi connectivity index (χ4v) is 4.16. The van der Waals surface area contributed by atoms with E-state index < -0.39 is 9.84 Å². The molecule has 4 rings (SSSR count). The Labute approximate surface area is 177 Å². The molecular formula is C23H28N2O4S. The number of fused-ring (bicyclic) bond motifs is 1. The van der Waals surface area contributed by atoms with E-state index in [4.69, 9.17) is 9.47 Å². The molecule has 160 valence electrons. The Morgan fingerprint density at radius 3 is 2.63 bits per heavy atom. The number of aromatic amines is 1. The summed E-state index contributed by atoms with van der Waals surface area (Å²) >= 11 is 0. The van der Waals surface area contributed by atoms with Crippen molar-refractivity contribution in [3.8, 4) is 11.3 Å². The maximum absolute atomic E-state index is 11.3. The zero-order chi connectivity index (χ0) is 21.0. The van der Waals surface area contributed by atoms with E-state index in [0.29, 0.717) is 12.6 Å². The van der Waals surface area contributed by atoms with Crippen LogP contribution in [-0.2, 0) is 25.9 Å². The monoisotopic (exact) mass is 428 g/mol. The minimum Gasteiger partial charge on any atom is -0.381 e. The van der Waals surface area contributed by atoms with Crippen molar-refractivity contribution in [3.63, 3.8) is 0 Å². The summed E-state index contributed by atoms with van der Waals surface area (Å²) in [6, 6.07) is 17.0. The Bertz CT molecular complexity index is 1090. The largest absolute Gasteiger partial charge is 0.381 e. The van der Waals surface area contributed by atoms with Crippen LogP contribution in [0.5, 0.6) is 0 Å². The van der Waals surface area contributed by atoms with Gasteiger partial charge in [0, 0.05) is 36.6 Å². The topological polar surface area (TPSA) is 80.4 Å². The Balaban J connectivity index is 1.61. The van der Waals surface area contributed by atoms with Crippen molar-refractivity contribution in [2.75, 3.05) is 37.1 Å². The van der Waals surface area contributed by atoms with Gasteiger partial charge in [0.15, 0.2) is 0 Å². The van der Waals surface area contributed by atoms with Crippen LogP contribution in [0.3, 0.4) is 0 Å². The Kier molecular flexibility index (Phi) is 6.41. The SMILES string of the molecule is CS(=O)(=O)CCOCc1cc(NC2CCOCC2)c2[nH]c(-c3ccccc3)cc2c1. The molecule has 0 aliphatic carbocycles. The lowest BCUT2D eigenvalue weighted by molar-refractivity contribution is 0.0904. The van der Waals surface area contributed by atoms with Crippen LogP contribution in [0.1, 0.15) is 18.4 Å². The summed E-state index contributed by atoms with van der Waals surface area (Å²) in [7, 11) is -3.02. The number of aromatic nitrogens is 1. The number of nitrogens with one attached hydrogen (secondary N) is 2. The lowest BCUT2D eigenvalue weighted by Crippen LogP contribution is -2.28. The molecule has 1 fully saturated rings. The fourth-order valence-electron chi connectivity index (χ4n) is 3.74. The number of ether oxygens (including phenoxy) is 2. The molecule has 2 aromatic carbocycles. The minimum absolute atomic E-state index is 0.0325. The number of sulfone groups is 1. The molecule has 2 N–H and O–H groups in total. The van der Waals surface area contributed by atoms with Crippen LogP contribution >= 0.6 is 0 Å². The van der Waals surface area contributed by atoms with Crippen LogP contribution in [-0.4, -0.2) is 51.3 Å². The first-order valence-electron chi connectivity index (χ1n) is 10.3. The molecule has 0 bridgehead atoms. The van der Waals surface area contributed by atoms with Crippen molar-refractivity contribution in [1.29, 1.82) is 0 Å². The highest BCUT2D eigenvalue weighted by atomic mass is 32.2. The molecule has 0 atom stereocenters.